The lowest BCUT2D eigenvalue weighted by Crippen LogP contribution is -2.38. The van der Waals surface area contributed by atoms with Gasteiger partial charge in [0, 0.05) is 59.3 Å². The van der Waals surface area contributed by atoms with Crippen LogP contribution in [0, 0.1) is 5.92 Å². The zero-order chi connectivity index (χ0) is 22.3. The lowest BCUT2D eigenvalue weighted by Gasteiger charge is -2.32. The van der Waals surface area contributed by atoms with Gasteiger partial charge in [0.1, 0.15) is 5.82 Å². The first-order chi connectivity index (χ1) is 15.6. The van der Waals surface area contributed by atoms with Crippen molar-refractivity contribution in [3.63, 3.8) is 0 Å². The number of ether oxygens (including phenoxy) is 1. The number of piperidine rings is 1. The minimum absolute atomic E-state index is 0.252. The lowest BCUT2D eigenvalue weighted by atomic mass is 9.92. The largest absolute Gasteiger partial charge is 0.378 e. The van der Waals surface area contributed by atoms with Crippen LogP contribution in [0.5, 0.6) is 0 Å². The molecule has 174 valence electrons. The first-order valence-corrected chi connectivity index (χ1v) is 11.6. The van der Waals surface area contributed by atoms with Gasteiger partial charge >= 0.3 is 6.01 Å². The monoisotopic (exact) mass is 442 g/mol. The van der Waals surface area contributed by atoms with Crippen LogP contribution >= 0.6 is 0 Å². The van der Waals surface area contributed by atoms with Crippen LogP contribution in [0.15, 0.2) is 22.9 Å². The summed E-state index contributed by atoms with van der Waals surface area (Å²) in [5, 5.41) is 4.05. The average Bonchev–Trinajstić information content (AvgIpc) is 3.32. The summed E-state index contributed by atoms with van der Waals surface area (Å²) < 4.78 is 10.6. The maximum absolute atomic E-state index is 12.8. The molecule has 2 aliphatic rings. The second-order valence-electron chi connectivity index (χ2n) is 8.87. The number of hydrogen-bond acceptors (Lipinski definition) is 8. The van der Waals surface area contributed by atoms with Gasteiger partial charge in [0.15, 0.2) is 5.82 Å². The van der Waals surface area contributed by atoms with E-state index in [0.717, 1.165) is 83.1 Å². The van der Waals surface area contributed by atoms with Gasteiger partial charge < -0.3 is 24.0 Å². The number of pyridine rings is 1. The third-order valence-electron chi connectivity index (χ3n) is 6.36. The van der Waals surface area contributed by atoms with Crippen LogP contribution < -0.4 is 9.80 Å². The summed E-state index contributed by atoms with van der Waals surface area (Å²) in [6.07, 6.45) is 7.10. The van der Waals surface area contributed by atoms with E-state index in [1.54, 1.807) is 0 Å². The standard InChI is InChI=1S/C23H34N6O3/c1-27(2)23-25-20(26-32-23)5-3-18-8-11-29(12-9-18)22(30)6-4-19-7-10-24-21(17-19)28-13-15-31-16-14-28/h7,10,17-18H,3-6,8-9,11-16H2,1-2H3. The summed E-state index contributed by atoms with van der Waals surface area (Å²) in [6.45, 7) is 4.91. The van der Waals surface area contributed by atoms with Crippen molar-refractivity contribution in [1.29, 1.82) is 0 Å². The summed E-state index contributed by atoms with van der Waals surface area (Å²) in [5.74, 6) is 2.61. The van der Waals surface area contributed by atoms with E-state index in [9.17, 15) is 4.79 Å². The number of aromatic nitrogens is 3. The van der Waals surface area contributed by atoms with Crippen LogP contribution in [0.2, 0.25) is 0 Å². The quantitative estimate of drug-likeness (QED) is 0.615. The molecule has 32 heavy (non-hydrogen) atoms. The van der Waals surface area contributed by atoms with E-state index in [1.165, 1.54) is 5.56 Å². The third kappa shape index (κ3) is 5.97. The molecular formula is C23H34N6O3. The topological polar surface area (TPSA) is 87.8 Å². The molecule has 2 fully saturated rings. The molecule has 0 radical (unpaired) electrons. The Kier molecular flexibility index (Phi) is 7.57. The van der Waals surface area contributed by atoms with Crippen molar-refractivity contribution >= 4 is 17.7 Å². The molecule has 2 aromatic rings. The van der Waals surface area contributed by atoms with E-state index in [-0.39, 0.29) is 5.91 Å². The molecule has 9 nitrogen and oxygen atoms in total. The molecule has 2 aromatic heterocycles. The number of nitrogens with zero attached hydrogens (tertiary/aromatic N) is 6. The highest BCUT2D eigenvalue weighted by atomic mass is 16.5. The molecule has 0 spiro atoms. The van der Waals surface area contributed by atoms with Gasteiger partial charge in [-0.1, -0.05) is 5.16 Å². The van der Waals surface area contributed by atoms with Crippen molar-refractivity contribution in [2.45, 2.75) is 38.5 Å². The zero-order valence-corrected chi connectivity index (χ0v) is 19.2. The third-order valence-corrected chi connectivity index (χ3v) is 6.36. The van der Waals surface area contributed by atoms with Gasteiger partial charge in [0.25, 0.3) is 0 Å². The predicted molar refractivity (Wildman–Crippen MR) is 122 cm³/mol. The number of rotatable bonds is 8. The van der Waals surface area contributed by atoms with Gasteiger partial charge in [-0.05, 0) is 49.3 Å². The molecule has 4 rings (SSSR count). The minimum atomic E-state index is 0.252. The summed E-state index contributed by atoms with van der Waals surface area (Å²) in [5.41, 5.74) is 1.17. The van der Waals surface area contributed by atoms with Gasteiger partial charge in [0.05, 0.1) is 13.2 Å². The predicted octanol–water partition coefficient (Wildman–Crippen LogP) is 2.17. The molecular weight excluding hydrogens is 408 g/mol. The second kappa shape index (κ2) is 10.8. The lowest BCUT2D eigenvalue weighted by molar-refractivity contribution is -0.132. The van der Waals surface area contributed by atoms with Crippen molar-refractivity contribution < 1.29 is 14.1 Å². The van der Waals surface area contributed by atoms with Crippen molar-refractivity contribution in [1.82, 2.24) is 20.0 Å². The zero-order valence-electron chi connectivity index (χ0n) is 19.2. The SMILES string of the molecule is CN(C)c1nc(CCC2CCN(C(=O)CCc3ccnc(N4CCOCC4)c3)CC2)no1. The first kappa shape index (κ1) is 22.5. The summed E-state index contributed by atoms with van der Waals surface area (Å²) in [6, 6.07) is 4.68. The Morgan fingerprint density at radius 2 is 1.94 bits per heavy atom. The minimum Gasteiger partial charge on any atom is -0.378 e. The van der Waals surface area contributed by atoms with Crippen molar-refractivity contribution in [2.75, 3.05) is 63.3 Å². The number of amides is 1. The molecule has 0 N–H and O–H groups in total. The molecule has 0 aliphatic carbocycles. The van der Waals surface area contributed by atoms with Crippen molar-refractivity contribution in [2.24, 2.45) is 5.92 Å². The Labute approximate surface area is 189 Å². The highest BCUT2D eigenvalue weighted by molar-refractivity contribution is 5.76. The summed E-state index contributed by atoms with van der Waals surface area (Å²) >= 11 is 0. The average molecular weight is 443 g/mol. The molecule has 0 aromatic carbocycles. The normalized spacial score (nSPS) is 17.6. The Morgan fingerprint density at radius 1 is 1.16 bits per heavy atom. The van der Waals surface area contributed by atoms with E-state index in [0.29, 0.717) is 18.4 Å². The van der Waals surface area contributed by atoms with Gasteiger partial charge in [-0.2, -0.15) is 4.98 Å². The molecule has 0 atom stereocenters. The maximum Gasteiger partial charge on any atom is 0.323 e. The number of carbonyl (C=O) groups is 1. The van der Waals surface area contributed by atoms with Gasteiger partial charge in [-0.25, -0.2) is 4.98 Å². The molecule has 2 aliphatic heterocycles. The Balaban J connectivity index is 1.18. The summed E-state index contributed by atoms with van der Waals surface area (Å²) in [4.78, 5) is 27.7. The fourth-order valence-corrected chi connectivity index (χ4v) is 4.32. The van der Waals surface area contributed by atoms with Crippen LogP contribution in [0.25, 0.3) is 0 Å². The maximum atomic E-state index is 12.8. The highest BCUT2D eigenvalue weighted by Gasteiger charge is 2.23. The number of morpholine rings is 1. The van der Waals surface area contributed by atoms with E-state index in [4.69, 9.17) is 9.26 Å². The van der Waals surface area contributed by atoms with Crippen molar-refractivity contribution in [3.05, 3.63) is 29.7 Å². The first-order valence-electron chi connectivity index (χ1n) is 11.6. The molecule has 2 saturated heterocycles. The molecule has 0 unspecified atom stereocenters. The fraction of sp³-hybridized carbons (Fsp3) is 0.652. The Hall–Kier alpha value is -2.68. The highest BCUT2D eigenvalue weighted by Crippen LogP contribution is 2.23. The van der Waals surface area contributed by atoms with Crippen LogP contribution in [-0.4, -0.2) is 79.4 Å². The Morgan fingerprint density at radius 3 is 2.66 bits per heavy atom. The van der Waals surface area contributed by atoms with Gasteiger partial charge in [0.2, 0.25) is 5.91 Å². The van der Waals surface area contributed by atoms with E-state index >= 15 is 0 Å². The number of aryl methyl sites for hydroxylation is 2. The van der Waals surface area contributed by atoms with Crippen molar-refractivity contribution in [3.8, 4) is 0 Å². The fourth-order valence-electron chi connectivity index (χ4n) is 4.32. The molecule has 9 heteroatoms. The van der Waals surface area contributed by atoms with E-state index in [1.807, 2.05) is 36.2 Å². The molecule has 4 heterocycles. The number of likely N-dealkylation sites (tertiary alicyclic amines) is 1. The van der Waals surface area contributed by atoms with Gasteiger partial charge in [-0.3, -0.25) is 4.79 Å². The Bertz CT molecular complexity index is 872. The smallest absolute Gasteiger partial charge is 0.323 e. The molecule has 0 saturated carbocycles. The van der Waals surface area contributed by atoms with Crippen LogP contribution in [0.1, 0.15) is 37.1 Å². The summed E-state index contributed by atoms with van der Waals surface area (Å²) in [7, 11) is 3.78. The van der Waals surface area contributed by atoms with Crippen LogP contribution in [-0.2, 0) is 22.4 Å². The van der Waals surface area contributed by atoms with E-state index in [2.05, 4.69) is 26.1 Å². The number of carbonyl (C=O) groups excluding carboxylic acids is 1. The van der Waals surface area contributed by atoms with E-state index < -0.39 is 0 Å². The van der Waals surface area contributed by atoms with Crippen LogP contribution in [0.3, 0.4) is 0 Å². The molecule has 1 amide bonds. The molecule has 0 bridgehead atoms. The van der Waals surface area contributed by atoms with Gasteiger partial charge in [-0.15, -0.1) is 0 Å². The number of anilines is 2. The van der Waals surface area contributed by atoms with Crippen LogP contribution in [0.4, 0.5) is 11.8 Å². The second-order valence-corrected chi connectivity index (χ2v) is 8.87. The number of hydrogen-bond donors (Lipinski definition) is 0.